The maximum atomic E-state index is 14.3. The molecule has 0 saturated carbocycles. The molecule has 0 aliphatic carbocycles. The molecule has 0 aliphatic rings. The van der Waals surface area contributed by atoms with Gasteiger partial charge in [-0.15, -0.1) is 0 Å². The van der Waals surface area contributed by atoms with Crippen molar-refractivity contribution in [2.75, 3.05) is 5.32 Å². The number of aromatic nitrogens is 2. The van der Waals surface area contributed by atoms with Crippen LogP contribution < -0.4 is 10.9 Å². The van der Waals surface area contributed by atoms with Crippen LogP contribution in [0.2, 0.25) is 0 Å². The van der Waals surface area contributed by atoms with Gasteiger partial charge in [0.15, 0.2) is 0 Å². The Hall–Kier alpha value is -3.87. The molecule has 0 saturated heterocycles. The number of nitrogens with zero attached hydrogens (tertiary/aromatic N) is 2. The summed E-state index contributed by atoms with van der Waals surface area (Å²) in [6, 6.07) is 16.5. The lowest BCUT2D eigenvalue weighted by atomic mass is 10.1. The highest BCUT2D eigenvalue weighted by Crippen LogP contribution is 2.20. The van der Waals surface area contributed by atoms with Crippen molar-refractivity contribution in [3.8, 4) is 5.69 Å². The van der Waals surface area contributed by atoms with Gasteiger partial charge in [-0.25, -0.2) is 13.8 Å². The molecule has 150 valence electrons. The number of fused-ring (bicyclic) bond motifs is 1. The number of carbonyl (C=O) groups excluding carboxylic acids is 1. The van der Waals surface area contributed by atoms with E-state index in [1.54, 1.807) is 31.2 Å². The molecule has 0 unspecified atom stereocenters. The van der Waals surface area contributed by atoms with Crippen LogP contribution in [-0.4, -0.2) is 15.5 Å². The first kappa shape index (κ1) is 19.4. The Morgan fingerprint density at radius 2 is 1.77 bits per heavy atom. The zero-order chi connectivity index (χ0) is 21.3. The Balaban J connectivity index is 1.67. The average Bonchev–Trinajstić information content (AvgIpc) is 2.72. The molecule has 1 N–H and O–H groups in total. The summed E-state index contributed by atoms with van der Waals surface area (Å²) in [7, 11) is 0. The lowest BCUT2D eigenvalue weighted by molar-refractivity contribution is -0.115. The van der Waals surface area contributed by atoms with Gasteiger partial charge in [-0.2, -0.15) is 0 Å². The fourth-order valence-corrected chi connectivity index (χ4v) is 3.28. The SMILES string of the molecule is Cc1nc2ccccc2c(=O)n1-c1ccc(F)c(NC(=O)Cc2ccc(F)cc2)c1. The molecule has 1 heterocycles. The van der Waals surface area contributed by atoms with Gasteiger partial charge < -0.3 is 5.32 Å². The number of halogens is 2. The summed E-state index contributed by atoms with van der Waals surface area (Å²) in [5.74, 6) is -1.05. The molecule has 1 aromatic heterocycles. The Kier molecular flexibility index (Phi) is 5.10. The number of hydrogen-bond acceptors (Lipinski definition) is 3. The molecule has 0 aliphatic heterocycles. The highest BCUT2D eigenvalue weighted by atomic mass is 19.1. The van der Waals surface area contributed by atoms with Crippen LogP contribution in [0.1, 0.15) is 11.4 Å². The molecular formula is C23H17F2N3O2. The predicted molar refractivity (Wildman–Crippen MR) is 111 cm³/mol. The lowest BCUT2D eigenvalue weighted by Crippen LogP contribution is -2.23. The summed E-state index contributed by atoms with van der Waals surface area (Å²) in [4.78, 5) is 29.7. The number of rotatable bonds is 4. The molecule has 1 amide bonds. The third kappa shape index (κ3) is 3.82. The Morgan fingerprint density at radius 3 is 2.53 bits per heavy atom. The minimum Gasteiger partial charge on any atom is -0.323 e. The van der Waals surface area contributed by atoms with Gasteiger partial charge in [0.25, 0.3) is 5.56 Å². The zero-order valence-corrected chi connectivity index (χ0v) is 16.0. The highest BCUT2D eigenvalue weighted by Gasteiger charge is 2.13. The van der Waals surface area contributed by atoms with Crippen molar-refractivity contribution in [2.45, 2.75) is 13.3 Å². The molecule has 3 aromatic carbocycles. The summed E-state index contributed by atoms with van der Waals surface area (Å²) in [5.41, 5.74) is 1.21. The van der Waals surface area contributed by atoms with Gasteiger partial charge in [0, 0.05) is 0 Å². The number of nitrogens with one attached hydrogen (secondary N) is 1. The normalized spacial score (nSPS) is 10.9. The molecule has 30 heavy (non-hydrogen) atoms. The zero-order valence-electron chi connectivity index (χ0n) is 16.0. The van der Waals surface area contributed by atoms with E-state index in [0.29, 0.717) is 28.0 Å². The van der Waals surface area contributed by atoms with Gasteiger partial charge in [0.2, 0.25) is 5.91 Å². The third-order valence-electron chi connectivity index (χ3n) is 4.70. The highest BCUT2D eigenvalue weighted by molar-refractivity contribution is 5.92. The van der Waals surface area contributed by atoms with E-state index in [1.807, 2.05) is 0 Å². The van der Waals surface area contributed by atoms with Crippen molar-refractivity contribution in [3.63, 3.8) is 0 Å². The van der Waals surface area contributed by atoms with Gasteiger partial charge in [-0.1, -0.05) is 24.3 Å². The number of carbonyl (C=O) groups is 1. The second-order valence-electron chi connectivity index (χ2n) is 6.83. The number of amides is 1. The van der Waals surface area contributed by atoms with E-state index in [2.05, 4.69) is 10.3 Å². The molecular weight excluding hydrogens is 388 g/mol. The van der Waals surface area contributed by atoms with Crippen LogP contribution in [-0.2, 0) is 11.2 Å². The topological polar surface area (TPSA) is 64.0 Å². The van der Waals surface area contributed by atoms with Crippen LogP contribution in [0.5, 0.6) is 0 Å². The van der Waals surface area contributed by atoms with Crippen molar-refractivity contribution < 1.29 is 13.6 Å². The number of para-hydroxylation sites is 1. The predicted octanol–water partition coefficient (Wildman–Crippen LogP) is 4.15. The summed E-state index contributed by atoms with van der Waals surface area (Å²) in [6.07, 6.45) is -0.0412. The van der Waals surface area contributed by atoms with E-state index in [0.717, 1.165) is 0 Å². The summed E-state index contributed by atoms with van der Waals surface area (Å²) >= 11 is 0. The molecule has 5 nitrogen and oxygen atoms in total. The van der Waals surface area contributed by atoms with E-state index in [4.69, 9.17) is 0 Å². The maximum absolute atomic E-state index is 14.3. The minimum absolute atomic E-state index is 0.0412. The lowest BCUT2D eigenvalue weighted by Gasteiger charge is -2.13. The number of anilines is 1. The summed E-state index contributed by atoms with van der Waals surface area (Å²) in [5, 5.41) is 2.96. The van der Waals surface area contributed by atoms with Crippen LogP contribution in [0.15, 0.2) is 71.5 Å². The van der Waals surface area contributed by atoms with E-state index >= 15 is 0 Å². The van der Waals surface area contributed by atoms with Crippen LogP contribution in [0.3, 0.4) is 0 Å². The van der Waals surface area contributed by atoms with E-state index in [-0.39, 0.29) is 17.7 Å². The summed E-state index contributed by atoms with van der Waals surface area (Å²) < 4.78 is 28.7. The molecule has 7 heteroatoms. The minimum atomic E-state index is -0.634. The molecule has 4 rings (SSSR count). The van der Waals surface area contributed by atoms with Crippen molar-refractivity contribution in [1.29, 1.82) is 0 Å². The molecule has 0 bridgehead atoms. The fraction of sp³-hybridized carbons (Fsp3) is 0.0870. The molecule has 0 radical (unpaired) electrons. The number of aryl methyl sites for hydroxylation is 1. The summed E-state index contributed by atoms with van der Waals surface area (Å²) in [6.45, 7) is 1.68. The number of hydrogen-bond donors (Lipinski definition) is 1. The molecule has 0 fully saturated rings. The van der Waals surface area contributed by atoms with Gasteiger partial charge in [0.1, 0.15) is 17.5 Å². The Bertz CT molecular complexity index is 1310. The van der Waals surface area contributed by atoms with Gasteiger partial charge >= 0.3 is 0 Å². The first-order chi connectivity index (χ1) is 14.4. The van der Waals surface area contributed by atoms with Crippen molar-refractivity contribution in [1.82, 2.24) is 9.55 Å². The van der Waals surface area contributed by atoms with E-state index in [9.17, 15) is 18.4 Å². The van der Waals surface area contributed by atoms with Crippen LogP contribution in [0, 0.1) is 18.6 Å². The van der Waals surface area contributed by atoms with Gasteiger partial charge in [0.05, 0.1) is 28.7 Å². The van der Waals surface area contributed by atoms with E-state index in [1.165, 1.54) is 47.0 Å². The molecule has 0 spiro atoms. The average molecular weight is 405 g/mol. The largest absolute Gasteiger partial charge is 0.323 e. The van der Waals surface area contributed by atoms with Crippen molar-refractivity contribution >= 4 is 22.5 Å². The molecule has 4 aromatic rings. The maximum Gasteiger partial charge on any atom is 0.265 e. The number of benzene rings is 3. The van der Waals surface area contributed by atoms with Gasteiger partial charge in [-0.3, -0.25) is 14.2 Å². The second kappa shape index (κ2) is 7.87. The molecule has 0 atom stereocenters. The van der Waals surface area contributed by atoms with Crippen molar-refractivity contribution in [3.05, 3.63) is 100 Å². The first-order valence-electron chi connectivity index (χ1n) is 9.25. The van der Waals surface area contributed by atoms with Crippen molar-refractivity contribution in [2.24, 2.45) is 0 Å². The van der Waals surface area contributed by atoms with Crippen LogP contribution in [0.25, 0.3) is 16.6 Å². The Labute approximate surface area is 170 Å². The smallest absolute Gasteiger partial charge is 0.265 e. The first-order valence-corrected chi connectivity index (χ1v) is 9.25. The standard InChI is InChI=1S/C23H17F2N3O2/c1-14-26-20-5-3-2-4-18(20)23(30)28(14)17-10-11-19(25)21(13-17)27-22(29)12-15-6-8-16(24)9-7-15/h2-11,13H,12H2,1H3,(H,27,29). The van der Waals surface area contributed by atoms with Crippen LogP contribution in [0.4, 0.5) is 14.5 Å². The quantitative estimate of drug-likeness (QED) is 0.555. The fourth-order valence-electron chi connectivity index (χ4n) is 3.28. The van der Waals surface area contributed by atoms with Crippen LogP contribution >= 0.6 is 0 Å². The third-order valence-corrected chi connectivity index (χ3v) is 4.70. The van der Waals surface area contributed by atoms with E-state index < -0.39 is 17.5 Å². The van der Waals surface area contributed by atoms with Gasteiger partial charge in [-0.05, 0) is 55.0 Å². The monoisotopic (exact) mass is 405 g/mol. The second-order valence-corrected chi connectivity index (χ2v) is 6.83. The Morgan fingerprint density at radius 1 is 1.03 bits per heavy atom.